The monoisotopic (exact) mass is 284 g/mol. The van der Waals surface area contributed by atoms with Crippen molar-refractivity contribution in [1.82, 2.24) is 15.4 Å². The molecule has 5 heteroatoms. The molecule has 0 bridgehead atoms. The van der Waals surface area contributed by atoms with E-state index in [4.69, 9.17) is 17.4 Å². The van der Waals surface area contributed by atoms with E-state index >= 15 is 0 Å². The van der Waals surface area contributed by atoms with Crippen molar-refractivity contribution in [3.8, 4) is 0 Å². The number of hydrogen-bond acceptors (Lipinski definition) is 4. The Kier molecular flexibility index (Phi) is 3.60. The number of hydrogen-bond donors (Lipinski definition) is 2. The van der Waals surface area contributed by atoms with Crippen LogP contribution in [0.3, 0.4) is 0 Å². The minimum atomic E-state index is -0.139. The Bertz CT molecular complexity index is 745. The molecule has 0 aliphatic carbocycles. The maximum atomic E-state index is 6.04. The number of nitrogens with two attached hydrogens (primary N) is 1. The highest BCUT2D eigenvalue weighted by Crippen LogP contribution is 2.25. The van der Waals surface area contributed by atoms with Crippen LogP contribution in [0.2, 0.25) is 5.02 Å². The molecule has 1 unspecified atom stereocenters. The van der Waals surface area contributed by atoms with Gasteiger partial charge in [-0.3, -0.25) is 15.8 Å². The van der Waals surface area contributed by atoms with Gasteiger partial charge in [-0.15, -0.1) is 0 Å². The Labute approximate surface area is 121 Å². The zero-order chi connectivity index (χ0) is 13.9. The summed E-state index contributed by atoms with van der Waals surface area (Å²) in [6, 6.07) is 13.4. The first-order chi connectivity index (χ1) is 9.78. The van der Waals surface area contributed by atoms with Gasteiger partial charge >= 0.3 is 0 Å². The highest BCUT2D eigenvalue weighted by atomic mass is 35.5. The lowest BCUT2D eigenvalue weighted by molar-refractivity contribution is 0.637. The Morgan fingerprint density at radius 3 is 2.45 bits per heavy atom. The van der Waals surface area contributed by atoms with Crippen LogP contribution in [0.5, 0.6) is 0 Å². The number of rotatable bonds is 3. The summed E-state index contributed by atoms with van der Waals surface area (Å²) < 4.78 is 0. The lowest BCUT2D eigenvalue weighted by Gasteiger charge is -2.17. The molecule has 0 saturated carbocycles. The summed E-state index contributed by atoms with van der Waals surface area (Å²) in [4.78, 5) is 8.57. The third-order valence-electron chi connectivity index (χ3n) is 3.18. The third-order valence-corrected chi connectivity index (χ3v) is 3.41. The molecule has 1 heterocycles. The van der Waals surface area contributed by atoms with Crippen LogP contribution in [-0.2, 0) is 0 Å². The van der Waals surface area contributed by atoms with E-state index in [1.165, 1.54) is 0 Å². The Balaban J connectivity index is 2.07. The molecule has 20 heavy (non-hydrogen) atoms. The Morgan fingerprint density at radius 1 is 0.950 bits per heavy atom. The first-order valence-corrected chi connectivity index (χ1v) is 6.58. The fraction of sp³-hybridized carbons (Fsp3) is 0.0667. The molecule has 1 aromatic heterocycles. The summed E-state index contributed by atoms with van der Waals surface area (Å²) in [6.45, 7) is 0. The van der Waals surface area contributed by atoms with Crippen LogP contribution in [0.25, 0.3) is 11.0 Å². The van der Waals surface area contributed by atoms with Crippen molar-refractivity contribution < 1.29 is 0 Å². The molecule has 0 spiro atoms. The minimum Gasteiger partial charge on any atom is -0.271 e. The lowest BCUT2D eigenvalue weighted by Crippen LogP contribution is -2.28. The zero-order valence-electron chi connectivity index (χ0n) is 10.6. The molecule has 0 amide bonds. The quantitative estimate of drug-likeness (QED) is 0.573. The van der Waals surface area contributed by atoms with Crippen molar-refractivity contribution in [2.24, 2.45) is 5.84 Å². The number of nitrogens with one attached hydrogen (secondary N) is 1. The second kappa shape index (κ2) is 5.54. The van der Waals surface area contributed by atoms with Crippen molar-refractivity contribution in [1.29, 1.82) is 0 Å². The molecule has 4 nitrogen and oxygen atoms in total. The molecule has 0 aliphatic heterocycles. The van der Waals surface area contributed by atoms with Crippen LogP contribution in [-0.4, -0.2) is 9.97 Å². The van der Waals surface area contributed by atoms with E-state index in [9.17, 15) is 0 Å². The van der Waals surface area contributed by atoms with E-state index in [-0.39, 0.29) is 6.04 Å². The van der Waals surface area contributed by atoms with Gasteiger partial charge in [0, 0.05) is 17.4 Å². The van der Waals surface area contributed by atoms with Crippen molar-refractivity contribution in [3.05, 3.63) is 71.0 Å². The molecule has 2 aromatic carbocycles. The smallest absolute Gasteiger partial charge is 0.0890 e. The van der Waals surface area contributed by atoms with Crippen LogP contribution in [0.15, 0.2) is 54.9 Å². The molecule has 3 aromatic rings. The highest BCUT2D eigenvalue weighted by molar-refractivity contribution is 6.30. The number of benzene rings is 2. The molecule has 0 aliphatic rings. The minimum absolute atomic E-state index is 0.139. The van der Waals surface area contributed by atoms with Crippen LogP contribution in [0, 0.1) is 0 Å². The van der Waals surface area contributed by atoms with Gasteiger partial charge in [-0.25, -0.2) is 5.43 Å². The molecular formula is C15H13ClN4. The van der Waals surface area contributed by atoms with Gasteiger partial charge in [-0.05, 0) is 35.4 Å². The fourth-order valence-corrected chi connectivity index (χ4v) is 2.43. The zero-order valence-corrected chi connectivity index (χ0v) is 11.4. The van der Waals surface area contributed by atoms with E-state index in [1.54, 1.807) is 12.4 Å². The lowest BCUT2D eigenvalue weighted by atomic mass is 9.99. The molecule has 100 valence electrons. The normalized spacial score (nSPS) is 12.5. The topological polar surface area (TPSA) is 63.8 Å². The van der Waals surface area contributed by atoms with Crippen LogP contribution in [0.1, 0.15) is 17.2 Å². The molecular weight excluding hydrogens is 272 g/mol. The van der Waals surface area contributed by atoms with Gasteiger partial charge in [0.2, 0.25) is 0 Å². The van der Waals surface area contributed by atoms with Crippen molar-refractivity contribution in [2.75, 3.05) is 0 Å². The summed E-state index contributed by atoms with van der Waals surface area (Å²) in [7, 11) is 0. The first kappa shape index (κ1) is 13.0. The van der Waals surface area contributed by atoms with Crippen LogP contribution < -0.4 is 11.3 Å². The van der Waals surface area contributed by atoms with Gasteiger partial charge in [0.05, 0.1) is 17.1 Å². The molecule has 3 N–H and O–H groups in total. The molecule has 1 atom stereocenters. The number of aromatic nitrogens is 2. The predicted molar refractivity (Wildman–Crippen MR) is 80.2 cm³/mol. The summed E-state index contributed by atoms with van der Waals surface area (Å²) in [5.74, 6) is 5.70. The van der Waals surface area contributed by atoms with Gasteiger partial charge in [0.1, 0.15) is 0 Å². The van der Waals surface area contributed by atoms with E-state index < -0.39 is 0 Å². The van der Waals surface area contributed by atoms with Crippen molar-refractivity contribution >= 4 is 22.6 Å². The number of halogens is 1. The maximum Gasteiger partial charge on any atom is 0.0890 e. The standard InChI is InChI=1S/C15H13ClN4/c16-12-3-1-2-10(8-12)15(20-17)11-4-5-13-14(9-11)19-7-6-18-13/h1-9,15,20H,17H2. The Morgan fingerprint density at radius 2 is 1.70 bits per heavy atom. The second-order valence-electron chi connectivity index (χ2n) is 4.46. The van der Waals surface area contributed by atoms with Crippen LogP contribution in [0.4, 0.5) is 0 Å². The summed E-state index contributed by atoms with van der Waals surface area (Å²) >= 11 is 6.04. The number of nitrogens with zero attached hydrogens (tertiary/aromatic N) is 2. The largest absolute Gasteiger partial charge is 0.271 e. The summed E-state index contributed by atoms with van der Waals surface area (Å²) in [5.41, 5.74) is 6.54. The van der Waals surface area contributed by atoms with Gasteiger partial charge < -0.3 is 0 Å². The van der Waals surface area contributed by atoms with E-state index in [0.717, 1.165) is 22.2 Å². The molecule has 3 rings (SSSR count). The predicted octanol–water partition coefficient (Wildman–Crippen LogP) is 2.84. The Hall–Kier alpha value is -2.01. The second-order valence-corrected chi connectivity index (χ2v) is 4.90. The summed E-state index contributed by atoms with van der Waals surface area (Å²) in [6.07, 6.45) is 3.36. The molecule has 0 fully saturated rings. The van der Waals surface area contributed by atoms with Crippen molar-refractivity contribution in [2.45, 2.75) is 6.04 Å². The van der Waals surface area contributed by atoms with Crippen molar-refractivity contribution in [3.63, 3.8) is 0 Å². The van der Waals surface area contributed by atoms with E-state index in [1.807, 2.05) is 42.5 Å². The highest BCUT2D eigenvalue weighted by Gasteiger charge is 2.13. The van der Waals surface area contributed by atoms with Crippen LogP contribution >= 0.6 is 11.6 Å². The fourth-order valence-electron chi connectivity index (χ4n) is 2.23. The van der Waals surface area contributed by atoms with Gasteiger partial charge in [-0.1, -0.05) is 29.8 Å². The average molecular weight is 285 g/mol. The number of hydrazine groups is 1. The number of fused-ring (bicyclic) bond motifs is 1. The van der Waals surface area contributed by atoms with Gasteiger partial charge in [0.15, 0.2) is 0 Å². The molecule has 0 saturated heterocycles. The maximum absolute atomic E-state index is 6.04. The molecule has 0 radical (unpaired) electrons. The SMILES string of the molecule is NNC(c1cccc(Cl)c1)c1ccc2nccnc2c1. The van der Waals surface area contributed by atoms with E-state index in [2.05, 4.69) is 15.4 Å². The average Bonchev–Trinajstić information content (AvgIpc) is 2.48. The van der Waals surface area contributed by atoms with Gasteiger partial charge in [0.25, 0.3) is 0 Å². The third kappa shape index (κ3) is 2.49. The summed E-state index contributed by atoms with van der Waals surface area (Å²) in [5, 5.41) is 0.684. The van der Waals surface area contributed by atoms with Gasteiger partial charge in [-0.2, -0.15) is 0 Å². The first-order valence-electron chi connectivity index (χ1n) is 6.20. The van der Waals surface area contributed by atoms with E-state index in [0.29, 0.717) is 5.02 Å².